The molecule has 3 aliphatic rings. The van der Waals surface area contributed by atoms with Crippen LogP contribution in [0.3, 0.4) is 0 Å². The van der Waals surface area contributed by atoms with Crippen molar-refractivity contribution < 1.29 is 4.79 Å². The fourth-order valence-corrected chi connectivity index (χ4v) is 8.43. The third kappa shape index (κ3) is 4.18. The van der Waals surface area contributed by atoms with Gasteiger partial charge in [-0.05, 0) is 58.0 Å². The quantitative estimate of drug-likeness (QED) is 0.326. The van der Waals surface area contributed by atoms with Gasteiger partial charge >= 0.3 is 5.69 Å². The molecule has 4 aromatic rings. The number of thioether (sulfide) groups is 1. The lowest BCUT2D eigenvalue weighted by atomic mass is 9.95. The number of benzene rings is 2. The van der Waals surface area contributed by atoms with Gasteiger partial charge in [-0.1, -0.05) is 24.8 Å². The Morgan fingerprint density at radius 3 is 2.71 bits per heavy atom. The van der Waals surface area contributed by atoms with E-state index >= 15 is 0 Å². The lowest BCUT2D eigenvalue weighted by Gasteiger charge is -2.45. The van der Waals surface area contributed by atoms with Gasteiger partial charge in [0.25, 0.3) is 0 Å². The maximum atomic E-state index is 14.1. The molecule has 42 heavy (non-hydrogen) atoms. The molecule has 7 rings (SSSR count). The highest BCUT2D eigenvalue weighted by Crippen LogP contribution is 2.47. The largest absolute Gasteiger partial charge is 0.350 e. The first kappa shape index (κ1) is 27.2. The van der Waals surface area contributed by atoms with Crippen molar-refractivity contribution >= 4 is 45.3 Å². The van der Waals surface area contributed by atoms with Gasteiger partial charge in [0.05, 0.1) is 23.3 Å². The summed E-state index contributed by atoms with van der Waals surface area (Å²) < 4.78 is 3.93. The van der Waals surface area contributed by atoms with E-state index < -0.39 is 0 Å². The summed E-state index contributed by atoms with van der Waals surface area (Å²) in [4.78, 5) is 39.1. The number of rotatable bonds is 5. The Hall–Kier alpha value is -3.63. The van der Waals surface area contributed by atoms with Crippen molar-refractivity contribution in [3.63, 3.8) is 0 Å². The number of hydrogen-bond donors (Lipinski definition) is 0. The van der Waals surface area contributed by atoms with Crippen LogP contribution in [0.5, 0.6) is 0 Å². The second kappa shape index (κ2) is 10.3. The van der Waals surface area contributed by atoms with E-state index in [9.17, 15) is 9.59 Å². The summed E-state index contributed by atoms with van der Waals surface area (Å²) in [5.74, 6) is 1.48. The first-order chi connectivity index (χ1) is 20.3. The zero-order chi connectivity index (χ0) is 29.3. The van der Waals surface area contributed by atoms with Gasteiger partial charge < -0.3 is 14.7 Å². The monoisotopic (exact) mass is 583 g/mol. The summed E-state index contributed by atoms with van der Waals surface area (Å²) in [6.45, 7) is 14.2. The summed E-state index contributed by atoms with van der Waals surface area (Å²) in [5, 5.41) is 6.65. The highest BCUT2D eigenvalue weighted by molar-refractivity contribution is 7.99. The second-order valence-electron chi connectivity index (χ2n) is 12.1. The second-order valence-corrected chi connectivity index (χ2v) is 13.1. The zero-order valence-electron chi connectivity index (χ0n) is 24.7. The van der Waals surface area contributed by atoms with E-state index in [1.54, 1.807) is 0 Å². The fourth-order valence-electron chi connectivity index (χ4n) is 7.05. The van der Waals surface area contributed by atoms with Crippen LogP contribution < -0.4 is 10.6 Å². The molecular formula is C32H37N7O2S. The molecule has 2 aromatic carbocycles. The van der Waals surface area contributed by atoms with E-state index in [1.165, 1.54) is 12.5 Å². The highest BCUT2D eigenvalue weighted by atomic mass is 32.2. The predicted octanol–water partition coefficient (Wildman–Crippen LogP) is 4.22. The van der Waals surface area contributed by atoms with Crippen LogP contribution in [-0.4, -0.2) is 85.6 Å². The highest BCUT2D eigenvalue weighted by Gasteiger charge is 2.36. The van der Waals surface area contributed by atoms with Gasteiger partial charge in [-0.15, -0.1) is 11.8 Å². The first-order valence-electron chi connectivity index (χ1n) is 14.8. The number of para-hydroxylation sites is 1. The SMILES string of the molecule is C=CC(=O)N1C[C@H](C)N(c2nc(=O)n3c4c(c(-c5cccc6cnn(C)c56)c(C)cc24)SCC3CN2CCC2)C[C@H]1C. The molecule has 0 aliphatic carbocycles. The van der Waals surface area contributed by atoms with Gasteiger partial charge in [0, 0.05) is 71.3 Å². The molecule has 2 fully saturated rings. The Balaban J connectivity index is 1.46. The molecule has 218 valence electrons. The Kier molecular flexibility index (Phi) is 6.66. The average Bonchev–Trinajstić information content (AvgIpc) is 3.34. The van der Waals surface area contributed by atoms with Gasteiger partial charge in [-0.2, -0.15) is 10.1 Å². The molecule has 2 aromatic heterocycles. The summed E-state index contributed by atoms with van der Waals surface area (Å²) in [5.41, 5.74) is 5.32. The number of fused-ring (bicyclic) bond motifs is 1. The standard InChI is InChI=1S/C32H37N7O2S/c1-6-26(40)37-15-21(4)38(16-20(37)3)31-25-13-19(2)27(24-10-7-9-22-14-33-35(5)28(22)24)30-29(25)39(32(41)34-31)23(18-42-30)17-36-11-8-12-36/h6-7,9-10,13-14,20-21,23H,1,8,11-12,15-18H2,2-5H3/t20-,21+,23?/m1/s1. The van der Waals surface area contributed by atoms with Crippen molar-refractivity contribution in [2.45, 2.75) is 50.2 Å². The van der Waals surface area contributed by atoms with Crippen LogP contribution in [0.1, 0.15) is 31.9 Å². The van der Waals surface area contributed by atoms with Gasteiger partial charge in [-0.3, -0.25) is 14.0 Å². The molecule has 10 heteroatoms. The topological polar surface area (TPSA) is 79.5 Å². The van der Waals surface area contributed by atoms with E-state index in [2.05, 4.69) is 66.5 Å². The molecule has 0 spiro atoms. The molecule has 0 bridgehead atoms. The van der Waals surface area contributed by atoms with Crippen molar-refractivity contribution in [3.05, 3.63) is 59.2 Å². The molecule has 0 radical (unpaired) electrons. The molecule has 0 N–H and O–H groups in total. The van der Waals surface area contributed by atoms with Crippen LogP contribution in [0.4, 0.5) is 5.82 Å². The van der Waals surface area contributed by atoms with E-state index in [-0.39, 0.29) is 29.7 Å². The Morgan fingerprint density at radius 1 is 1.17 bits per heavy atom. The maximum absolute atomic E-state index is 14.1. The number of likely N-dealkylation sites (tertiary alicyclic amines) is 1. The fraction of sp³-hybridized carbons (Fsp3) is 0.438. The van der Waals surface area contributed by atoms with Crippen molar-refractivity contribution in [1.29, 1.82) is 0 Å². The number of carbonyl (C=O) groups excluding carboxylic acids is 1. The summed E-state index contributed by atoms with van der Waals surface area (Å²) >= 11 is 1.86. The number of anilines is 1. The van der Waals surface area contributed by atoms with E-state index in [0.717, 1.165) is 74.6 Å². The molecule has 2 saturated heterocycles. The number of carbonyl (C=O) groups is 1. The minimum Gasteiger partial charge on any atom is -0.349 e. The lowest BCUT2D eigenvalue weighted by molar-refractivity contribution is -0.128. The minimum absolute atomic E-state index is 0.00449. The van der Waals surface area contributed by atoms with Crippen molar-refractivity contribution in [1.82, 2.24) is 29.1 Å². The summed E-state index contributed by atoms with van der Waals surface area (Å²) in [7, 11) is 1.99. The Labute approximate surface area is 249 Å². The third-order valence-electron chi connectivity index (χ3n) is 9.29. The number of amides is 1. The summed E-state index contributed by atoms with van der Waals surface area (Å²) in [6, 6.07) is 8.61. The van der Waals surface area contributed by atoms with Crippen LogP contribution in [0.15, 0.2) is 52.8 Å². The van der Waals surface area contributed by atoms with Crippen LogP contribution in [0.25, 0.3) is 32.9 Å². The summed E-state index contributed by atoms with van der Waals surface area (Å²) in [6.07, 6.45) is 4.51. The first-order valence-corrected chi connectivity index (χ1v) is 15.8. The van der Waals surface area contributed by atoms with Crippen LogP contribution in [0.2, 0.25) is 0 Å². The molecule has 1 amide bonds. The van der Waals surface area contributed by atoms with Gasteiger partial charge in [0.1, 0.15) is 5.82 Å². The molecule has 9 nitrogen and oxygen atoms in total. The third-order valence-corrected chi connectivity index (χ3v) is 10.5. The molecule has 1 unspecified atom stereocenters. The molecule has 0 saturated carbocycles. The maximum Gasteiger partial charge on any atom is 0.350 e. The van der Waals surface area contributed by atoms with Crippen LogP contribution >= 0.6 is 11.8 Å². The normalized spacial score (nSPS) is 22.5. The number of hydrogen-bond acceptors (Lipinski definition) is 7. The van der Waals surface area contributed by atoms with Crippen molar-refractivity contribution in [3.8, 4) is 11.1 Å². The molecular weight excluding hydrogens is 546 g/mol. The van der Waals surface area contributed by atoms with Crippen molar-refractivity contribution in [2.24, 2.45) is 7.05 Å². The number of piperazine rings is 1. The van der Waals surface area contributed by atoms with Gasteiger partial charge in [0.15, 0.2) is 0 Å². The van der Waals surface area contributed by atoms with Crippen molar-refractivity contribution in [2.75, 3.05) is 43.4 Å². The van der Waals surface area contributed by atoms with Crippen LogP contribution in [-0.2, 0) is 11.8 Å². The zero-order valence-corrected chi connectivity index (χ0v) is 25.5. The molecule has 3 atom stereocenters. The van der Waals surface area contributed by atoms with E-state index in [1.807, 2.05) is 39.2 Å². The van der Waals surface area contributed by atoms with E-state index in [0.29, 0.717) is 13.1 Å². The van der Waals surface area contributed by atoms with Crippen LogP contribution in [0, 0.1) is 6.92 Å². The Bertz CT molecular complexity index is 1810. The molecule has 3 aliphatic heterocycles. The van der Waals surface area contributed by atoms with Gasteiger partial charge in [0.2, 0.25) is 5.91 Å². The molecule has 5 heterocycles. The minimum atomic E-state index is -0.192. The number of nitrogens with zero attached hydrogens (tertiary/aromatic N) is 7. The van der Waals surface area contributed by atoms with Gasteiger partial charge in [-0.25, -0.2) is 4.79 Å². The Morgan fingerprint density at radius 2 is 1.98 bits per heavy atom. The predicted molar refractivity (Wildman–Crippen MR) is 169 cm³/mol. The average molecular weight is 584 g/mol. The number of aryl methyl sites for hydroxylation is 2. The smallest absolute Gasteiger partial charge is 0.349 e. The lowest BCUT2D eigenvalue weighted by Crippen LogP contribution is -2.58. The number of aromatic nitrogens is 4. The van der Waals surface area contributed by atoms with E-state index in [4.69, 9.17) is 4.98 Å².